The topological polar surface area (TPSA) is 39.1 Å². The zero-order valence-electron chi connectivity index (χ0n) is 11.3. The first kappa shape index (κ1) is 12.7. The zero-order valence-corrected chi connectivity index (χ0v) is 11.3. The molecule has 19 heavy (non-hydrogen) atoms. The number of fused-ring (bicyclic) bond motifs is 1. The highest BCUT2D eigenvalue weighted by atomic mass is 15.3. The van der Waals surface area contributed by atoms with Gasteiger partial charge in [0.1, 0.15) is 5.54 Å². The third-order valence-electron chi connectivity index (χ3n) is 4.63. The van der Waals surface area contributed by atoms with E-state index in [4.69, 9.17) is 0 Å². The molecule has 0 radical (unpaired) electrons. The van der Waals surface area contributed by atoms with Gasteiger partial charge in [-0.2, -0.15) is 5.26 Å². The quantitative estimate of drug-likeness (QED) is 0.897. The average Bonchev–Trinajstić information content (AvgIpc) is 3.00. The van der Waals surface area contributed by atoms with E-state index in [-0.39, 0.29) is 5.54 Å². The molecule has 3 rings (SSSR count). The van der Waals surface area contributed by atoms with Crippen molar-refractivity contribution in [2.24, 2.45) is 0 Å². The number of nitriles is 1. The molecule has 2 heterocycles. The molecular formula is C16H21N3. The van der Waals surface area contributed by atoms with Crippen molar-refractivity contribution in [3.63, 3.8) is 0 Å². The van der Waals surface area contributed by atoms with Crippen LogP contribution in [0.1, 0.15) is 31.2 Å². The third kappa shape index (κ3) is 2.39. The van der Waals surface area contributed by atoms with Gasteiger partial charge in [-0.3, -0.25) is 4.90 Å². The number of nitrogens with zero attached hydrogens (tertiary/aromatic N) is 2. The average molecular weight is 255 g/mol. The second kappa shape index (κ2) is 5.32. The summed E-state index contributed by atoms with van der Waals surface area (Å²) >= 11 is 0. The molecule has 1 aromatic rings. The van der Waals surface area contributed by atoms with Crippen LogP contribution in [0.2, 0.25) is 0 Å². The van der Waals surface area contributed by atoms with E-state index in [1.807, 2.05) is 6.07 Å². The van der Waals surface area contributed by atoms with Gasteiger partial charge < -0.3 is 5.32 Å². The monoisotopic (exact) mass is 255 g/mol. The zero-order chi connectivity index (χ0) is 13.1. The van der Waals surface area contributed by atoms with Crippen LogP contribution in [0.15, 0.2) is 30.3 Å². The smallest absolute Gasteiger partial charge is 0.109 e. The molecule has 0 aromatic heterocycles. The standard InChI is InChI=1S/C16H21N3/c17-13-16-8-4-10-19(16)15(7-9-16)12-18-11-14-5-2-1-3-6-14/h1-3,5-6,15,18H,4,7-12H2/t15-,16-/m1/s1. The Bertz CT molecular complexity index is 465. The largest absolute Gasteiger partial charge is 0.311 e. The molecule has 0 unspecified atom stereocenters. The Morgan fingerprint density at radius 3 is 2.95 bits per heavy atom. The van der Waals surface area contributed by atoms with Crippen molar-refractivity contribution in [1.82, 2.24) is 10.2 Å². The van der Waals surface area contributed by atoms with E-state index >= 15 is 0 Å². The fourth-order valence-corrected chi connectivity index (χ4v) is 3.63. The van der Waals surface area contributed by atoms with Crippen molar-refractivity contribution in [3.8, 4) is 6.07 Å². The van der Waals surface area contributed by atoms with E-state index < -0.39 is 0 Å². The van der Waals surface area contributed by atoms with E-state index in [1.54, 1.807) is 0 Å². The number of hydrogen-bond acceptors (Lipinski definition) is 3. The molecule has 2 aliphatic heterocycles. The predicted molar refractivity (Wildman–Crippen MR) is 75.5 cm³/mol. The normalized spacial score (nSPS) is 30.2. The van der Waals surface area contributed by atoms with Crippen molar-refractivity contribution in [3.05, 3.63) is 35.9 Å². The third-order valence-corrected chi connectivity index (χ3v) is 4.63. The van der Waals surface area contributed by atoms with Crippen molar-refractivity contribution in [2.75, 3.05) is 13.1 Å². The molecule has 0 amide bonds. The summed E-state index contributed by atoms with van der Waals surface area (Å²) in [7, 11) is 0. The number of benzene rings is 1. The van der Waals surface area contributed by atoms with Crippen molar-refractivity contribution < 1.29 is 0 Å². The summed E-state index contributed by atoms with van der Waals surface area (Å²) in [5.41, 5.74) is 1.20. The molecule has 0 bridgehead atoms. The minimum absolute atomic E-state index is 0.126. The molecule has 2 aliphatic rings. The number of nitrogens with one attached hydrogen (secondary N) is 1. The van der Waals surface area contributed by atoms with Gasteiger partial charge in [-0.05, 0) is 31.2 Å². The Hall–Kier alpha value is -1.37. The molecule has 2 saturated heterocycles. The minimum atomic E-state index is -0.126. The molecular weight excluding hydrogens is 234 g/mol. The maximum Gasteiger partial charge on any atom is 0.109 e. The number of rotatable bonds is 4. The van der Waals surface area contributed by atoms with Gasteiger partial charge in [0, 0.05) is 25.7 Å². The van der Waals surface area contributed by atoms with Crippen LogP contribution >= 0.6 is 0 Å². The van der Waals surface area contributed by atoms with Crippen LogP contribution in [0.3, 0.4) is 0 Å². The second-order valence-corrected chi connectivity index (χ2v) is 5.75. The molecule has 0 spiro atoms. The Balaban J connectivity index is 1.53. The van der Waals surface area contributed by atoms with Crippen LogP contribution in [0.25, 0.3) is 0 Å². The summed E-state index contributed by atoms with van der Waals surface area (Å²) in [6.45, 7) is 3.02. The molecule has 3 nitrogen and oxygen atoms in total. The van der Waals surface area contributed by atoms with E-state index in [0.29, 0.717) is 6.04 Å². The lowest BCUT2D eigenvalue weighted by atomic mass is 9.96. The second-order valence-electron chi connectivity index (χ2n) is 5.75. The minimum Gasteiger partial charge on any atom is -0.311 e. The fraction of sp³-hybridized carbons (Fsp3) is 0.562. The lowest BCUT2D eigenvalue weighted by Gasteiger charge is -2.29. The Morgan fingerprint density at radius 1 is 1.32 bits per heavy atom. The van der Waals surface area contributed by atoms with Crippen LogP contribution in [-0.2, 0) is 6.54 Å². The van der Waals surface area contributed by atoms with E-state index in [0.717, 1.165) is 38.9 Å². The Morgan fingerprint density at radius 2 is 2.16 bits per heavy atom. The lowest BCUT2D eigenvalue weighted by Crippen LogP contribution is -2.44. The van der Waals surface area contributed by atoms with Gasteiger partial charge in [0.05, 0.1) is 6.07 Å². The lowest BCUT2D eigenvalue weighted by molar-refractivity contribution is 0.194. The van der Waals surface area contributed by atoms with Gasteiger partial charge in [0.15, 0.2) is 0 Å². The van der Waals surface area contributed by atoms with Gasteiger partial charge in [0.2, 0.25) is 0 Å². The highest BCUT2D eigenvalue weighted by Crippen LogP contribution is 2.41. The van der Waals surface area contributed by atoms with Crippen molar-refractivity contribution in [2.45, 2.75) is 43.8 Å². The van der Waals surface area contributed by atoms with Crippen molar-refractivity contribution in [1.29, 1.82) is 5.26 Å². The van der Waals surface area contributed by atoms with Crippen LogP contribution in [-0.4, -0.2) is 29.6 Å². The van der Waals surface area contributed by atoms with Gasteiger partial charge in [-0.1, -0.05) is 30.3 Å². The molecule has 3 heteroatoms. The summed E-state index contributed by atoms with van der Waals surface area (Å²) in [5, 5.41) is 13.0. The van der Waals surface area contributed by atoms with Gasteiger partial charge in [0.25, 0.3) is 0 Å². The van der Waals surface area contributed by atoms with Gasteiger partial charge in [-0.15, -0.1) is 0 Å². The van der Waals surface area contributed by atoms with Crippen LogP contribution in [0.4, 0.5) is 0 Å². The molecule has 1 aromatic carbocycles. The van der Waals surface area contributed by atoms with E-state index in [2.05, 4.69) is 40.6 Å². The first-order valence-electron chi connectivity index (χ1n) is 7.27. The predicted octanol–water partition coefficient (Wildman–Crippen LogP) is 2.30. The maximum atomic E-state index is 9.44. The van der Waals surface area contributed by atoms with Crippen LogP contribution < -0.4 is 5.32 Å². The summed E-state index contributed by atoms with van der Waals surface area (Å²) in [6, 6.07) is 13.6. The Kier molecular flexibility index (Phi) is 3.54. The fourth-order valence-electron chi connectivity index (χ4n) is 3.63. The molecule has 1 N–H and O–H groups in total. The summed E-state index contributed by atoms with van der Waals surface area (Å²) in [5.74, 6) is 0. The first-order chi connectivity index (χ1) is 9.34. The number of hydrogen-bond donors (Lipinski definition) is 1. The summed E-state index contributed by atoms with van der Waals surface area (Å²) < 4.78 is 0. The summed E-state index contributed by atoms with van der Waals surface area (Å²) in [4.78, 5) is 2.45. The summed E-state index contributed by atoms with van der Waals surface area (Å²) in [6.07, 6.45) is 4.47. The molecule has 2 fully saturated rings. The molecule has 100 valence electrons. The highest BCUT2D eigenvalue weighted by molar-refractivity contribution is 5.17. The molecule has 2 atom stereocenters. The van der Waals surface area contributed by atoms with Crippen molar-refractivity contribution >= 4 is 0 Å². The van der Waals surface area contributed by atoms with E-state index in [1.165, 1.54) is 12.0 Å². The van der Waals surface area contributed by atoms with E-state index in [9.17, 15) is 5.26 Å². The molecule has 0 aliphatic carbocycles. The Labute approximate surface area is 115 Å². The molecule has 0 saturated carbocycles. The SMILES string of the molecule is N#C[C@]12CCCN1[C@@H](CNCc1ccccc1)CC2. The van der Waals surface area contributed by atoms with Crippen LogP contribution in [0.5, 0.6) is 0 Å². The first-order valence-corrected chi connectivity index (χ1v) is 7.27. The maximum absolute atomic E-state index is 9.44. The highest BCUT2D eigenvalue weighted by Gasteiger charge is 2.49. The van der Waals surface area contributed by atoms with Gasteiger partial charge in [-0.25, -0.2) is 0 Å². The van der Waals surface area contributed by atoms with Gasteiger partial charge >= 0.3 is 0 Å². The van der Waals surface area contributed by atoms with Crippen LogP contribution in [0, 0.1) is 11.3 Å².